The van der Waals surface area contributed by atoms with Crippen molar-refractivity contribution in [1.82, 2.24) is 4.98 Å². The molecule has 0 bridgehead atoms. The first-order valence-corrected chi connectivity index (χ1v) is 4.01. The number of rotatable bonds is 1. The molecule has 0 saturated heterocycles. The fraction of sp³-hybridized carbons (Fsp3) is 0.222. The van der Waals surface area contributed by atoms with Crippen LogP contribution in [-0.4, -0.2) is 11.5 Å². The lowest BCUT2D eigenvalue weighted by Crippen LogP contribution is -1.95. The van der Waals surface area contributed by atoms with Gasteiger partial charge in [-0.25, -0.2) is 4.98 Å². The van der Waals surface area contributed by atoms with Crippen LogP contribution < -0.4 is 5.73 Å². The molecule has 0 atom stereocenters. The quantitative estimate of drug-likeness (QED) is 0.525. The molecule has 0 amide bonds. The Kier molecular flexibility index (Phi) is 3.59. The molecule has 0 aliphatic carbocycles. The summed E-state index contributed by atoms with van der Waals surface area (Å²) in [4.78, 5) is 3.84. The lowest BCUT2D eigenvalue weighted by Gasteiger charge is -1.89. The zero-order valence-electron chi connectivity index (χ0n) is 6.55. The van der Waals surface area contributed by atoms with E-state index in [9.17, 15) is 0 Å². The number of pyridine rings is 1. The molecule has 0 aromatic carbocycles. The molecule has 62 valence electrons. The minimum atomic E-state index is 0.467. The maximum absolute atomic E-state index is 5.65. The maximum Gasteiger partial charge on any atom is 0.130 e. The van der Waals surface area contributed by atoms with Crippen molar-refractivity contribution in [3.05, 3.63) is 29.0 Å². The van der Waals surface area contributed by atoms with E-state index in [1.165, 1.54) is 0 Å². The van der Waals surface area contributed by atoms with Crippen LogP contribution in [0.1, 0.15) is 12.0 Å². The summed E-state index contributed by atoms with van der Waals surface area (Å²) in [6.45, 7) is 0.589. The Labute approximate surface area is 76.8 Å². The van der Waals surface area contributed by atoms with Crippen molar-refractivity contribution >= 4 is 11.6 Å². The zero-order valence-corrected chi connectivity index (χ0v) is 7.30. The molecular formula is C9H9ClN2. The molecule has 0 radical (unpaired) electrons. The molecular weight excluding hydrogens is 172 g/mol. The highest BCUT2D eigenvalue weighted by Crippen LogP contribution is 2.05. The van der Waals surface area contributed by atoms with E-state index in [1.54, 1.807) is 12.3 Å². The van der Waals surface area contributed by atoms with Gasteiger partial charge in [-0.3, -0.25) is 0 Å². The third-order valence-electron chi connectivity index (χ3n) is 1.23. The lowest BCUT2D eigenvalue weighted by molar-refractivity contribution is 1.03. The van der Waals surface area contributed by atoms with Gasteiger partial charge in [-0.1, -0.05) is 23.4 Å². The van der Waals surface area contributed by atoms with Crippen molar-refractivity contribution in [2.24, 2.45) is 5.73 Å². The average molecular weight is 181 g/mol. The summed E-state index contributed by atoms with van der Waals surface area (Å²) in [5.41, 5.74) is 6.16. The number of hydrogen-bond acceptors (Lipinski definition) is 2. The topological polar surface area (TPSA) is 38.9 Å². The summed E-state index contributed by atoms with van der Waals surface area (Å²) in [5.74, 6) is 5.85. The molecule has 1 aromatic heterocycles. The molecule has 0 saturated carbocycles. The van der Waals surface area contributed by atoms with Crippen LogP contribution in [-0.2, 0) is 0 Å². The maximum atomic E-state index is 5.65. The first-order valence-electron chi connectivity index (χ1n) is 3.63. The summed E-state index contributed by atoms with van der Waals surface area (Å²) in [6.07, 6.45) is 2.34. The molecule has 1 heterocycles. The Balaban J connectivity index is 2.71. The molecule has 0 aliphatic heterocycles. The van der Waals surface area contributed by atoms with Crippen LogP contribution in [0.4, 0.5) is 0 Å². The van der Waals surface area contributed by atoms with Crippen molar-refractivity contribution in [2.75, 3.05) is 6.54 Å². The molecule has 2 N–H and O–H groups in total. The lowest BCUT2D eigenvalue weighted by atomic mass is 10.2. The van der Waals surface area contributed by atoms with Crippen LogP contribution in [0.25, 0.3) is 0 Å². The Morgan fingerprint density at radius 3 is 3.08 bits per heavy atom. The van der Waals surface area contributed by atoms with Gasteiger partial charge in [0.05, 0.1) is 0 Å². The number of aromatic nitrogens is 1. The van der Waals surface area contributed by atoms with Crippen LogP contribution in [0.15, 0.2) is 18.3 Å². The fourth-order valence-electron chi connectivity index (χ4n) is 0.717. The summed E-state index contributed by atoms with van der Waals surface area (Å²) in [7, 11) is 0. The molecule has 3 heteroatoms. The second-order valence-corrected chi connectivity index (χ2v) is 2.59. The van der Waals surface area contributed by atoms with Gasteiger partial charge in [0.15, 0.2) is 0 Å². The van der Waals surface area contributed by atoms with Crippen molar-refractivity contribution < 1.29 is 0 Å². The Morgan fingerprint density at radius 1 is 1.58 bits per heavy atom. The first-order chi connectivity index (χ1) is 5.83. The minimum absolute atomic E-state index is 0.467. The van der Waals surface area contributed by atoms with E-state index in [4.69, 9.17) is 17.3 Å². The fourth-order valence-corrected chi connectivity index (χ4v) is 0.891. The van der Waals surface area contributed by atoms with Gasteiger partial charge < -0.3 is 5.73 Å². The smallest absolute Gasteiger partial charge is 0.130 e. The standard InChI is InChI=1S/C9H9ClN2/c10-9-7-8(4-6-12-9)3-1-2-5-11/h4,6-7H,2,5,11H2. The minimum Gasteiger partial charge on any atom is -0.330 e. The van der Waals surface area contributed by atoms with Crippen molar-refractivity contribution in [1.29, 1.82) is 0 Å². The van der Waals surface area contributed by atoms with Crippen LogP contribution in [0, 0.1) is 11.8 Å². The Bertz CT molecular complexity index is 312. The molecule has 0 aliphatic rings. The molecule has 2 nitrogen and oxygen atoms in total. The van der Waals surface area contributed by atoms with Crippen LogP contribution in [0.5, 0.6) is 0 Å². The summed E-state index contributed by atoms with van der Waals surface area (Å²) < 4.78 is 0. The number of halogens is 1. The molecule has 1 rings (SSSR count). The van der Waals surface area contributed by atoms with Gasteiger partial charge in [-0.15, -0.1) is 0 Å². The normalized spacial score (nSPS) is 8.83. The van der Waals surface area contributed by atoms with E-state index >= 15 is 0 Å². The highest BCUT2D eigenvalue weighted by Gasteiger charge is 1.88. The summed E-state index contributed by atoms with van der Waals surface area (Å²) >= 11 is 5.65. The van der Waals surface area contributed by atoms with Crippen LogP contribution in [0.3, 0.4) is 0 Å². The van der Waals surface area contributed by atoms with E-state index in [-0.39, 0.29) is 0 Å². The van der Waals surface area contributed by atoms with Gasteiger partial charge in [-0.2, -0.15) is 0 Å². The van der Waals surface area contributed by atoms with Gasteiger partial charge in [0.25, 0.3) is 0 Å². The van der Waals surface area contributed by atoms with Gasteiger partial charge in [0.2, 0.25) is 0 Å². The average Bonchev–Trinajstić information content (AvgIpc) is 2.05. The monoisotopic (exact) mass is 180 g/mol. The highest BCUT2D eigenvalue weighted by atomic mass is 35.5. The summed E-state index contributed by atoms with van der Waals surface area (Å²) in [6, 6.07) is 3.54. The van der Waals surface area contributed by atoms with Gasteiger partial charge in [0, 0.05) is 24.7 Å². The SMILES string of the molecule is NCCC#Cc1ccnc(Cl)c1. The van der Waals surface area contributed by atoms with Gasteiger partial charge >= 0.3 is 0 Å². The van der Waals surface area contributed by atoms with Crippen molar-refractivity contribution in [2.45, 2.75) is 6.42 Å². The second kappa shape index (κ2) is 4.76. The van der Waals surface area contributed by atoms with Crippen molar-refractivity contribution in [3.8, 4) is 11.8 Å². The van der Waals surface area contributed by atoms with E-state index < -0.39 is 0 Å². The number of nitrogens with zero attached hydrogens (tertiary/aromatic N) is 1. The molecule has 1 aromatic rings. The Hall–Kier alpha value is -1.04. The van der Waals surface area contributed by atoms with E-state index in [0.29, 0.717) is 18.1 Å². The van der Waals surface area contributed by atoms with E-state index in [1.807, 2.05) is 6.07 Å². The highest BCUT2D eigenvalue weighted by molar-refractivity contribution is 6.29. The predicted molar refractivity (Wildman–Crippen MR) is 49.8 cm³/mol. The largest absolute Gasteiger partial charge is 0.330 e. The van der Waals surface area contributed by atoms with E-state index in [0.717, 1.165) is 5.56 Å². The molecule has 0 unspecified atom stereocenters. The molecule has 0 fully saturated rings. The predicted octanol–water partition coefficient (Wildman–Crippen LogP) is 1.44. The van der Waals surface area contributed by atoms with Crippen molar-refractivity contribution in [3.63, 3.8) is 0 Å². The first kappa shape index (κ1) is 9.05. The van der Waals surface area contributed by atoms with E-state index in [2.05, 4.69) is 16.8 Å². The van der Waals surface area contributed by atoms with Gasteiger partial charge in [-0.05, 0) is 12.1 Å². The zero-order chi connectivity index (χ0) is 8.81. The number of nitrogens with two attached hydrogens (primary N) is 1. The summed E-state index contributed by atoms with van der Waals surface area (Å²) in [5, 5.41) is 0.467. The third kappa shape index (κ3) is 2.91. The molecule has 0 spiro atoms. The van der Waals surface area contributed by atoms with Gasteiger partial charge in [0.1, 0.15) is 5.15 Å². The van der Waals surface area contributed by atoms with Crippen LogP contribution in [0.2, 0.25) is 5.15 Å². The van der Waals surface area contributed by atoms with Crippen LogP contribution >= 0.6 is 11.6 Å². The molecule has 12 heavy (non-hydrogen) atoms. The Morgan fingerprint density at radius 2 is 2.42 bits per heavy atom. The third-order valence-corrected chi connectivity index (χ3v) is 1.44. The second-order valence-electron chi connectivity index (χ2n) is 2.21. The number of hydrogen-bond donors (Lipinski definition) is 1.